The van der Waals surface area contributed by atoms with Gasteiger partial charge >= 0.3 is 0 Å². The van der Waals surface area contributed by atoms with Crippen LogP contribution < -0.4 is 20.1 Å². The highest BCUT2D eigenvalue weighted by Crippen LogP contribution is 2.30. The van der Waals surface area contributed by atoms with Gasteiger partial charge in [-0.3, -0.25) is 0 Å². The van der Waals surface area contributed by atoms with Gasteiger partial charge in [0.15, 0.2) is 16.6 Å². The molecule has 0 aliphatic carbocycles. The van der Waals surface area contributed by atoms with Gasteiger partial charge in [0.25, 0.3) is 0 Å². The maximum Gasteiger partial charge on any atom is 0.171 e. The van der Waals surface area contributed by atoms with Crippen LogP contribution in [0.15, 0.2) is 72.8 Å². The third-order valence-corrected chi connectivity index (χ3v) is 4.65. The van der Waals surface area contributed by atoms with Gasteiger partial charge in [-0.05, 0) is 42.4 Å². The maximum atomic E-state index is 5.59. The number of methoxy groups -OCH3 is 2. The highest BCUT2D eigenvalue weighted by atomic mass is 32.1. The first-order valence-electron chi connectivity index (χ1n) is 9.01. The standard InChI is InChI=1S/C23H24N2O2S/c1-16-8-7-11-18(14-16)22(17-9-5-4-6-10-17)25-23(28)24-19-12-13-20(26-2)21(15-19)27-3/h4-15,22H,1-3H3,(H2,24,25,28)/t22-/m0/s1. The average Bonchev–Trinajstić information content (AvgIpc) is 2.72. The zero-order valence-corrected chi connectivity index (χ0v) is 17.0. The Morgan fingerprint density at radius 3 is 2.21 bits per heavy atom. The summed E-state index contributed by atoms with van der Waals surface area (Å²) < 4.78 is 10.6. The lowest BCUT2D eigenvalue weighted by Crippen LogP contribution is -2.33. The number of nitrogens with one attached hydrogen (secondary N) is 2. The minimum absolute atomic E-state index is 0.0544. The van der Waals surface area contributed by atoms with Crippen molar-refractivity contribution in [3.63, 3.8) is 0 Å². The summed E-state index contributed by atoms with van der Waals surface area (Å²) >= 11 is 5.59. The monoisotopic (exact) mass is 392 g/mol. The predicted molar refractivity (Wildman–Crippen MR) is 118 cm³/mol. The number of benzene rings is 3. The van der Waals surface area contributed by atoms with Crippen LogP contribution in [0.3, 0.4) is 0 Å². The summed E-state index contributed by atoms with van der Waals surface area (Å²) in [7, 11) is 3.23. The Labute approximate surface area is 171 Å². The number of ether oxygens (including phenoxy) is 2. The molecule has 0 saturated carbocycles. The molecule has 0 aromatic heterocycles. The summed E-state index contributed by atoms with van der Waals surface area (Å²) in [5.74, 6) is 1.32. The molecule has 0 bridgehead atoms. The van der Waals surface area contributed by atoms with Crippen LogP contribution in [0.2, 0.25) is 0 Å². The Bertz CT molecular complexity index is 944. The molecule has 5 heteroatoms. The summed E-state index contributed by atoms with van der Waals surface area (Å²) in [6.07, 6.45) is 0. The molecular weight excluding hydrogens is 368 g/mol. The molecule has 4 nitrogen and oxygen atoms in total. The van der Waals surface area contributed by atoms with E-state index in [1.54, 1.807) is 14.2 Å². The number of thiocarbonyl (C=S) groups is 1. The van der Waals surface area contributed by atoms with E-state index in [1.807, 2.05) is 36.4 Å². The molecule has 0 aliphatic heterocycles. The maximum absolute atomic E-state index is 5.59. The molecule has 0 spiro atoms. The van der Waals surface area contributed by atoms with Crippen LogP contribution in [-0.2, 0) is 0 Å². The third-order valence-electron chi connectivity index (χ3n) is 4.43. The minimum atomic E-state index is -0.0544. The molecule has 0 heterocycles. The van der Waals surface area contributed by atoms with Crippen LogP contribution in [0.1, 0.15) is 22.7 Å². The molecule has 28 heavy (non-hydrogen) atoms. The summed E-state index contributed by atoms with van der Waals surface area (Å²) in [6, 6.07) is 24.3. The summed E-state index contributed by atoms with van der Waals surface area (Å²) in [4.78, 5) is 0. The van der Waals surface area contributed by atoms with Gasteiger partial charge in [0.05, 0.1) is 20.3 Å². The van der Waals surface area contributed by atoms with Crippen molar-refractivity contribution in [2.75, 3.05) is 19.5 Å². The van der Waals surface area contributed by atoms with Crippen molar-refractivity contribution < 1.29 is 9.47 Å². The van der Waals surface area contributed by atoms with Crippen LogP contribution in [0.4, 0.5) is 5.69 Å². The van der Waals surface area contributed by atoms with Gasteiger partial charge < -0.3 is 20.1 Å². The highest BCUT2D eigenvalue weighted by molar-refractivity contribution is 7.80. The first-order chi connectivity index (χ1) is 13.6. The summed E-state index contributed by atoms with van der Waals surface area (Å²) in [5, 5.41) is 7.21. The molecule has 3 aromatic rings. The van der Waals surface area contributed by atoms with Gasteiger partial charge in [-0.25, -0.2) is 0 Å². The lowest BCUT2D eigenvalue weighted by atomic mass is 9.97. The Hall–Kier alpha value is -3.05. The highest BCUT2D eigenvalue weighted by Gasteiger charge is 2.16. The Kier molecular flexibility index (Phi) is 6.50. The fourth-order valence-electron chi connectivity index (χ4n) is 3.07. The van der Waals surface area contributed by atoms with E-state index in [4.69, 9.17) is 21.7 Å². The minimum Gasteiger partial charge on any atom is -0.493 e. The van der Waals surface area contributed by atoms with E-state index >= 15 is 0 Å². The zero-order valence-electron chi connectivity index (χ0n) is 16.2. The topological polar surface area (TPSA) is 42.5 Å². The fraction of sp³-hybridized carbons (Fsp3) is 0.174. The molecule has 3 rings (SSSR count). The second-order valence-electron chi connectivity index (χ2n) is 6.43. The predicted octanol–water partition coefficient (Wildman–Crippen LogP) is 5.09. The molecule has 0 saturated heterocycles. The fourth-order valence-corrected chi connectivity index (χ4v) is 3.30. The van der Waals surface area contributed by atoms with Crippen molar-refractivity contribution in [2.24, 2.45) is 0 Å². The lowest BCUT2D eigenvalue weighted by Gasteiger charge is -2.22. The molecule has 0 aliphatic rings. The van der Waals surface area contributed by atoms with Gasteiger partial charge in [0.1, 0.15) is 0 Å². The van der Waals surface area contributed by atoms with E-state index in [9.17, 15) is 0 Å². The quantitative estimate of drug-likeness (QED) is 0.572. The Morgan fingerprint density at radius 1 is 0.821 bits per heavy atom. The number of hydrogen-bond donors (Lipinski definition) is 2. The SMILES string of the molecule is COc1ccc(NC(=S)N[C@@H](c2ccccc2)c2cccc(C)c2)cc1OC. The van der Waals surface area contributed by atoms with Crippen molar-refractivity contribution in [1.82, 2.24) is 5.32 Å². The largest absolute Gasteiger partial charge is 0.493 e. The Morgan fingerprint density at radius 2 is 1.54 bits per heavy atom. The van der Waals surface area contributed by atoms with Gasteiger partial charge in [0, 0.05) is 11.8 Å². The summed E-state index contributed by atoms with van der Waals surface area (Å²) in [5.41, 5.74) is 4.33. The first-order valence-corrected chi connectivity index (χ1v) is 9.42. The average molecular weight is 393 g/mol. The number of aryl methyl sites for hydroxylation is 1. The van der Waals surface area contributed by atoms with E-state index in [0.717, 1.165) is 16.8 Å². The molecule has 3 aromatic carbocycles. The zero-order chi connectivity index (χ0) is 19.9. The van der Waals surface area contributed by atoms with Gasteiger partial charge in [0.2, 0.25) is 0 Å². The molecule has 0 unspecified atom stereocenters. The van der Waals surface area contributed by atoms with Crippen LogP contribution >= 0.6 is 12.2 Å². The smallest absolute Gasteiger partial charge is 0.171 e. The van der Waals surface area contributed by atoms with Gasteiger partial charge in [-0.2, -0.15) is 0 Å². The Balaban J connectivity index is 1.82. The summed E-state index contributed by atoms with van der Waals surface area (Å²) in [6.45, 7) is 2.09. The van der Waals surface area contributed by atoms with Crippen LogP contribution in [0, 0.1) is 6.92 Å². The van der Waals surface area contributed by atoms with Crippen LogP contribution in [-0.4, -0.2) is 19.3 Å². The number of anilines is 1. The normalized spacial score (nSPS) is 11.4. The molecule has 144 valence electrons. The molecule has 2 N–H and O–H groups in total. The number of rotatable bonds is 6. The molecular formula is C23H24N2O2S. The molecule has 0 fully saturated rings. The van der Waals surface area contributed by atoms with Crippen molar-refractivity contribution in [1.29, 1.82) is 0 Å². The van der Waals surface area contributed by atoms with E-state index in [0.29, 0.717) is 16.6 Å². The van der Waals surface area contributed by atoms with E-state index < -0.39 is 0 Å². The van der Waals surface area contributed by atoms with Crippen molar-refractivity contribution >= 4 is 23.0 Å². The van der Waals surface area contributed by atoms with Crippen molar-refractivity contribution in [3.8, 4) is 11.5 Å². The van der Waals surface area contributed by atoms with Crippen LogP contribution in [0.25, 0.3) is 0 Å². The van der Waals surface area contributed by atoms with Gasteiger partial charge in [-0.1, -0.05) is 60.2 Å². The van der Waals surface area contributed by atoms with Crippen molar-refractivity contribution in [3.05, 3.63) is 89.5 Å². The second-order valence-corrected chi connectivity index (χ2v) is 6.83. The van der Waals surface area contributed by atoms with E-state index in [2.05, 4.69) is 54.0 Å². The molecule has 1 atom stereocenters. The van der Waals surface area contributed by atoms with Crippen molar-refractivity contribution in [2.45, 2.75) is 13.0 Å². The molecule has 0 amide bonds. The number of hydrogen-bond acceptors (Lipinski definition) is 3. The van der Waals surface area contributed by atoms with E-state index in [-0.39, 0.29) is 6.04 Å². The third kappa shape index (κ3) is 4.81. The van der Waals surface area contributed by atoms with Gasteiger partial charge in [-0.15, -0.1) is 0 Å². The second kappa shape index (κ2) is 9.24. The lowest BCUT2D eigenvalue weighted by molar-refractivity contribution is 0.355. The van der Waals surface area contributed by atoms with Crippen LogP contribution in [0.5, 0.6) is 11.5 Å². The molecule has 0 radical (unpaired) electrons. The van der Waals surface area contributed by atoms with E-state index in [1.165, 1.54) is 5.56 Å². The first kappa shape index (κ1) is 19.7.